The van der Waals surface area contributed by atoms with Crippen LogP contribution < -0.4 is 9.47 Å². The van der Waals surface area contributed by atoms with Gasteiger partial charge in [0.1, 0.15) is 0 Å². The Hall–Kier alpha value is -0.260. The summed E-state index contributed by atoms with van der Waals surface area (Å²) in [5, 5.41) is 0. The van der Waals surface area contributed by atoms with E-state index in [1.54, 1.807) is 7.11 Å². The monoisotopic (exact) mass is 350 g/mol. The van der Waals surface area contributed by atoms with Crippen LogP contribution >= 0.6 is 31.9 Å². The first-order valence-electron chi connectivity index (χ1n) is 4.89. The maximum absolute atomic E-state index is 5.47. The van der Waals surface area contributed by atoms with Gasteiger partial charge in [0.15, 0.2) is 11.5 Å². The van der Waals surface area contributed by atoms with Crippen LogP contribution in [0.1, 0.15) is 18.6 Å². The molecule has 1 aliphatic rings. The van der Waals surface area contributed by atoms with Crippen LogP contribution in [-0.4, -0.2) is 18.7 Å². The summed E-state index contributed by atoms with van der Waals surface area (Å²) in [7, 11) is 1.69. The summed E-state index contributed by atoms with van der Waals surface area (Å²) in [4.78, 5) is 0.217. The lowest BCUT2D eigenvalue weighted by molar-refractivity contribution is 0.105. The highest BCUT2D eigenvalue weighted by molar-refractivity contribution is 9.10. The van der Waals surface area contributed by atoms with Crippen molar-refractivity contribution in [3.63, 3.8) is 0 Å². The van der Waals surface area contributed by atoms with Crippen molar-refractivity contribution in [2.75, 3.05) is 13.9 Å². The van der Waals surface area contributed by atoms with Gasteiger partial charge in [-0.2, -0.15) is 0 Å². The largest absolute Gasteiger partial charge is 0.454 e. The molecule has 0 saturated carbocycles. The second kappa shape index (κ2) is 4.94. The van der Waals surface area contributed by atoms with Crippen molar-refractivity contribution >= 4 is 31.9 Å². The second-order valence-corrected chi connectivity index (χ2v) is 5.86. The third-order valence-electron chi connectivity index (χ3n) is 2.47. The Balaban J connectivity index is 2.40. The fraction of sp³-hybridized carbons (Fsp3) is 0.455. The maximum atomic E-state index is 5.47. The summed E-state index contributed by atoms with van der Waals surface area (Å²) < 4.78 is 17.1. The fourth-order valence-corrected chi connectivity index (χ4v) is 2.76. The van der Waals surface area contributed by atoms with Gasteiger partial charge in [-0.25, -0.2) is 0 Å². The Morgan fingerprint density at radius 2 is 1.94 bits per heavy atom. The summed E-state index contributed by atoms with van der Waals surface area (Å²) in [6, 6.07) is 3.87. The SMILES string of the molecule is CO[C@@H](c1cc2c(cc1Br)OCO2)[C@@H](C)Br. The van der Waals surface area contributed by atoms with Crippen LogP contribution in [0.3, 0.4) is 0 Å². The highest BCUT2D eigenvalue weighted by Crippen LogP contribution is 2.41. The molecule has 16 heavy (non-hydrogen) atoms. The minimum Gasteiger partial charge on any atom is -0.454 e. The molecule has 0 amide bonds. The number of methoxy groups -OCH3 is 1. The summed E-state index contributed by atoms with van der Waals surface area (Å²) in [5.41, 5.74) is 1.05. The minimum atomic E-state index is -0.0242. The zero-order chi connectivity index (χ0) is 11.7. The number of ether oxygens (including phenoxy) is 3. The predicted octanol–water partition coefficient (Wildman–Crippen LogP) is 3.65. The quantitative estimate of drug-likeness (QED) is 0.778. The molecule has 88 valence electrons. The van der Waals surface area contributed by atoms with Gasteiger partial charge in [-0.15, -0.1) is 0 Å². The third-order valence-corrected chi connectivity index (χ3v) is 3.64. The Morgan fingerprint density at radius 1 is 1.31 bits per heavy atom. The van der Waals surface area contributed by atoms with Crippen molar-refractivity contribution in [1.82, 2.24) is 0 Å². The average Bonchev–Trinajstić information content (AvgIpc) is 2.65. The van der Waals surface area contributed by atoms with Crippen molar-refractivity contribution in [2.45, 2.75) is 17.9 Å². The fourth-order valence-electron chi connectivity index (χ4n) is 1.71. The van der Waals surface area contributed by atoms with Crippen molar-refractivity contribution < 1.29 is 14.2 Å². The molecule has 0 aliphatic carbocycles. The Kier molecular flexibility index (Phi) is 3.77. The molecule has 0 bridgehead atoms. The van der Waals surface area contributed by atoms with Gasteiger partial charge in [-0.3, -0.25) is 0 Å². The van der Waals surface area contributed by atoms with E-state index in [1.165, 1.54) is 0 Å². The van der Waals surface area contributed by atoms with Gasteiger partial charge in [-0.05, 0) is 24.6 Å². The van der Waals surface area contributed by atoms with Gasteiger partial charge in [-0.1, -0.05) is 31.9 Å². The van der Waals surface area contributed by atoms with Crippen LogP contribution in [0.4, 0.5) is 0 Å². The molecule has 0 saturated heterocycles. The van der Waals surface area contributed by atoms with Gasteiger partial charge < -0.3 is 14.2 Å². The van der Waals surface area contributed by atoms with Crippen LogP contribution in [0.25, 0.3) is 0 Å². The molecule has 2 rings (SSSR count). The molecule has 2 atom stereocenters. The Bertz CT molecular complexity index is 393. The van der Waals surface area contributed by atoms with E-state index in [1.807, 2.05) is 19.1 Å². The maximum Gasteiger partial charge on any atom is 0.231 e. The van der Waals surface area contributed by atoms with E-state index < -0.39 is 0 Å². The molecular weight excluding hydrogens is 340 g/mol. The first kappa shape index (κ1) is 12.2. The summed E-state index contributed by atoms with van der Waals surface area (Å²) in [6.45, 7) is 2.33. The molecule has 3 nitrogen and oxygen atoms in total. The molecule has 1 heterocycles. The number of benzene rings is 1. The summed E-state index contributed by atoms with van der Waals surface area (Å²) >= 11 is 7.06. The molecule has 0 spiro atoms. The highest BCUT2D eigenvalue weighted by Gasteiger charge is 2.23. The van der Waals surface area contributed by atoms with Crippen molar-refractivity contribution in [1.29, 1.82) is 0 Å². The second-order valence-electron chi connectivity index (χ2n) is 3.56. The van der Waals surface area contributed by atoms with Gasteiger partial charge in [0.05, 0.1) is 6.10 Å². The van der Waals surface area contributed by atoms with E-state index in [2.05, 4.69) is 31.9 Å². The van der Waals surface area contributed by atoms with Crippen LogP contribution in [0, 0.1) is 0 Å². The molecule has 0 aromatic heterocycles. The number of hydrogen-bond donors (Lipinski definition) is 0. The smallest absolute Gasteiger partial charge is 0.231 e. The Morgan fingerprint density at radius 3 is 2.50 bits per heavy atom. The number of alkyl halides is 1. The Labute approximate surface area is 111 Å². The normalized spacial score (nSPS) is 17.2. The number of halogens is 2. The van der Waals surface area contributed by atoms with Crippen LogP contribution in [0.15, 0.2) is 16.6 Å². The van der Waals surface area contributed by atoms with Gasteiger partial charge in [0.25, 0.3) is 0 Å². The van der Waals surface area contributed by atoms with Gasteiger partial charge in [0, 0.05) is 16.4 Å². The molecule has 1 aromatic carbocycles. The zero-order valence-corrected chi connectivity index (χ0v) is 12.2. The minimum absolute atomic E-state index is 0.0242. The van der Waals surface area contributed by atoms with Gasteiger partial charge in [0.2, 0.25) is 6.79 Å². The molecule has 5 heteroatoms. The topological polar surface area (TPSA) is 27.7 Å². The van der Waals surface area contributed by atoms with Crippen molar-refractivity contribution in [2.24, 2.45) is 0 Å². The van der Waals surface area contributed by atoms with Crippen molar-refractivity contribution in [3.8, 4) is 11.5 Å². The van der Waals surface area contributed by atoms with E-state index in [0.29, 0.717) is 0 Å². The molecule has 0 fully saturated rings. The van der Waals surface area contributed by atoms with Crippen LogP contribution in [0.2, 0.25) is 0 Å². The number of rotatable bonds is 3. The molecule has 0 N–H and O–H groups in total. The van der Waals surface area contributed by atoms with Crippen molar-refractivity contribution in [3.05, 3.63) is 22.2 Å². The van der Waals surface area contributed by atoms with E-state index >= 15 is 0 Å². The lowest BCUT2D eigenvalue weighted by atomic mass is 10.1. The number of fused-ring (bicyclic) bond motifs is 1. The average molecular weight is 352 g/mol. The van der Waals surface area contributed by atoms with E-state index in [-0.39, 0.29) is 17.7 Å². The first-order chi connectivity index (χ1) is 7.63. The molecule has 0 radical (unpaired) electrons. The lowest BCUT2D eigenvalue weighted by Gasteiger charge is -2.20. The zero-order valence-electron chi connectivity index (χ0n) is 9.00. The van der Waals surface area contributed by atoms with Crippen LogP contribution in [0.5, 0.6) is 11.5 Å². The number of hydrogen-bond acceptors (Lipinski definition) is 3. The van der Waals surface area contributed by atoms with Crippen LogP contribution in [-0.2, 0) is 4.74 Å². The van der Waals surface area contributed by atoms with Gasteiger partial charge >= 0.3 is 0 Å². The summed E-state index contributed by atoms with van der Waals surface area (Å²) in [6.07, 6.45) is -0.0242. The molecular formula is C11H12Br2O3. The lowest BCUT2D eigenvalue weighted by Crippen LogP contribution is -2.11. The summed E-state index contributed by atoms with van der Waals surface area (Å²) in [5.74, 6) is 1.54. The predicted molar refractivity (Wildman–Crippen MR) is 68.4 cm³/mol. The first-order valence-corrected chi connectivity index (χ1v) is 6.60. The van der Waals surface area contributed by atoms with E-state index in [0.717, 1.165) is 21.5 Å². The molecule has 1 aromatic rings. The standard InChI is InChI=1S/C11H12Br2O3/c1-6(12)11(14-2)7-3-9-10(4-8(7)13)16-5-15-9/h3-4,6,11H,5H2,1-2H3/t6-,11-/m1/s1. The third kappa shape index (κ3) is 2.21. The highest BCUT2D eigenvalue weighted by atomic mass is 79.9. The van der Waals surface area contributed by atoms with E-state index in [4.69, 9.17) is 14.2 Å². The molecule has 1 aliphatic heterocycles. The van der Waals surface area contributed by atoms with E-state index in [9.17, 15) is 0 Å². The molecule has 0 unspecified atom stereocenters.